The van der Waals surface area contributed by atoms with Gasteiger partial charge in [-0.1, -0.05) is 12.1 Å². The molecule has 0 amide bonds. The van der Waals surface area contributed by atoms with Gasteiger partial charge in [-0.25, -0.2) is 9.78 Å². The number of carboxylic acids is 1. The van der Waals surface area contributed by atoms with E-state index >= 15 is 0 Å². The quantitative estimate of drug-likeness (QED) is 0.693. The molecule has 0 spiro atoms. The van der Waals surface area contributed by atoms with Crippen LogP contribution in [0.1, 0.15) is 16.1 Å². The molecular weight excluding hydrogens is 216 g/mol. The monoisotopic (exact) mass is 226 g/mol. The van der Waals surface area contributed by atoms with Gasteiger partial charge >= 0.3 is 5.97 Å². The Balaban J connectivity index is 2.58. The molecule has 3 aromatic rings. The summed E-state index contributed by atoms with van der Waals surface area (Å²) in [5.74, 6) is -0.922. The molecule has 2 heterocycles. The highest BCUT2D eigenvalue weighted by atomic mass is 16.4. The van der Waals surface area contributed by atoms with E-state index in [1.807, 2.05) is 35.7 Å². The molecule has 3 rings (SSSR count). The minimum atomic E-state index is -0.922. The smallest absolute Gasteiger partial charge is 0.337 e. The lowest BCUT2D eigenvalue weighted by Gasteiger charge is -2.05. The number of hydrogen-bond donors (Lipinski definition) is 1. The molecule has 0 unspecified atom stereocenters. The lowest BCUT2D eigenvalue weighted by atomic mass is 10.1. The number of fused-ring (bicyclic) bond motifs is 3. The van der Waals surface area contributed by atoms with Crippen LogP contribution >= 0.6 is 0 Å². The van der Waals surface area contributed by atoms with Gasteiger partial charge in [0.1, 0.15) is 5.65 Å². The number of carboxylic acid groups (broad SMARTS) is 1. The molecule has 0 aliphatic rings. The summed E-state index contributed by atoms with van der Waals surface area (Å²) in [6.07, 6.45) is 1.85. The molecule has 0 radical (unpaired) electrons. The van der Waals surface area contributed by atoms with E-state index in [0.29, 0.717) is 11.1 Å². The predicted octanol–water partition coefficient (Wildman–Crippen LogP) is 2.49. The van der Waals surface area contributed by atoms with Crippen molar-refractivity contribution in [1.29, 1.82) is 0 Å². The molecule has 0 bridgehead atoms. The Morgan fingerprint density at radius 1 is 1.29 bits per heavy atom. The van der Waals surface area contributed by atoms with Gasteiger partial charge in [-0.2, -0.15) is 0 Å². The maximum atomic E-state index is 11.2. The Bertz CT molecular complexity index is 744. The Labute approximate surface area is 97.1 Å². The van der Waals surface area contributed by atoms with E-state index < -0.39 is 5.97 Å². The molecule has 4 nitrogen and oxygen atoms in total. The van der Waals surface area contributed by atoms with Crippen LogP contribution in [-0.2, 0) is 0 Å². The van der Waals surface area contributed by atoms with Crippen molar-refractivity contribution in [1.82, 2.24) is 9.38 Å². The first kappa shape index (κ1) is 9.84. The van der Waals surface area contributed by atoms with Crippen LogP contribution in [0, 0.1) is 6.92 Å². The molecule has 84 valence electrons. The minimum absolute atomic E-state index is 0.297. The maximum Gasteiger partial charge on any atom is 0.337 e. The number of aryl methyl sites for hydroxylation is 1. The van der Waals surface area contributed by atoms with Gasteiger partial charge in [0.25, 0.3) is 0 Å². The van der Waals surface area contributed by atoms with E-state index in [1.54, 1.807) is 12.1 Å². The molecule has 0 saturated carbocycles. The van der Waals surface area contributed by atoms with Gasteiger partial charge < -0.3 is 5.11 Å². The lowest BCUT2D eigenvalue weighted by molar-refractivity contribution is 0.0698. The number of rotatable bonds is 1. The van der Waals surface area contributed by atoms with Crippen LogP contribution in [0.3, 0.4) is 0 Å². The van der Waals surface area contributed by atoms with E-state index in [9.17, 15) is 9.90 Å². The molecule has 0 atom stereocenters. The number of hydrogen-bond acceptors (Lipinski definition) is 2. The van der Waals surface area contributed by atoms with Crippen molar-refractivity contribution < 1.29 is 9.90 Å². The number of aromatic carboxylic acids is 1. The second kappa shape index (κ2) is 3.31. The highest BCUT2D eigenvalue weighted by Crippen LogP contribution is 2.21. The first-order chi connectivity index (χ1) is 8.16. The van der Waals surface area contributed by atoms with Crippen molar-refractivity contribution >= 4 is 22.5 Å². The second-order valence-corrected chi connectivity index (χ2v) is 3.99. The molecule has 0 aliphatic heterocycles. The van der Waals surface area contributed by atoms with Crippen LogP contribution < -0.4 is 0 Å². The van der Waals surface area contributed by atoms with E-state index in [4.69, 9.17) is 0 Å². The SMILES string of the molecule is Cc1cn2c(ccc3cccc(C(=O)O)c32)n1. The topological polar surface area (TPSA) is 54.6 Å². The van der Waals surface area contributed by atoms with Gasteiger partial charge in [0.2, 0.25) is 0 Å². The number of para-hydroxylation sites is 1. The van der Waals surface area contributed by atoms with Gasteiger partial charge in [-0.15, -0.1) is 0 Å². The molecule has 0 saturated heterocycles. The van der Waals surface area contributed by atoms with E-state index in [-0.39, 0.29) is 0 Å². The average molecular weight is 226 g/mol. The Morgan fingerprint density at radius 2 is 2.12 bits per heavy atom. The molecule has 1 aromatic carbocycles. The van der Waals surface area contributed by atoms with Crippen LogP contribution in [0.5, 0.6) is 0 Å². The Hall–Kier alpha value is -2.36. The molecule has 1 N–H and O–H groups in total. The van der Waals surface area contributed by atoms with Crippen molar-refractivity contribution in [3.8, 4) is 0 Å². The fourth-order valence-electron chi connectivity index (χ4n) is 2.11. The summed E-state index contributed by atoms with van der Waals surface area (Å²) >= 11 is 0. The number of pyridine rings is 1. The average Bonchev–Trinajstić information content (AvgIpc) is 2.68. The zero-order valence-electron chi connectivity index (χ0n) is 9.21. The maximum absolute atomic E-state index is 11.2. The molecule has 0 fully saturated rings. The predicted molar refractivity (Wildman–Crippen MR) is 64.4 cm³/mol. The van der Waals surface area contributed by atoms with Crippen LogP contribution in [0.25, 0.3) is 16.6 Å². The van der Waals surface area contributed by atoms with Crippen molar-refractivity contribution in [2.24, 2.45) is 0 Å². The number of nitrogens with zero attached hydrogens (tertiary/aromatic N) is 2. The summed E-state index contributed by atoms with van der Waals surface area (Å²) in [6.45, 7) is 1.89. The van der Waals surface area contributed by atoms with E-state index in [1.165, 1.54) is 0 Å². The van der Waals surface area contributed by atoms with Gasteiger partial charge in [-0.05, 0) is 30.5 Å². The van der Waals surface area contributed by atoms with Crippen LogP contribution in [0.4, 0.5) is 0 Å². The fourth-order valence-corrected chi connectivity index (χ4v) is 2.11. The Morgan fingerprint density at radius 3 is 2.88 bits per heavy atom. The van der Waals surface area contributed by atoms with Crippen molar-refractivity contribution in [2.45, 2.75) is 6.92 Å². The lowest BCUT2D eigenvalue weighted by Crippen LogP contribution is -2.00. The summed E-state index contributed by atoms with van der Waals surface area (Å²) in [6, 6.07) is 9.04. The molecule has 2 aromatic heterocycles. The van der Waals surface area contributed by atoms with Gasteiger partial charge in [-0.3, -0.25) is 4.40 Å². The third-order valence-corrected chi connectivity index (χ3v) is 2.80. The van der Waals surface area contributed by atoms with Crippen LogP contribution in [0.15, 0.2) is 36.5 Å². The van der Waals surface area contributed by atoms with Crippen molar-refractivity contribution in [2.75, 3.05) is 0 Å². The summed E-state index contributed by atoms with van der Waals surface area (Å²) < 4.78 is 1.83. The van der Waals surface area contributed by atoms with Crippen LogP contribution in [0.2, 0.25) is 0 Å². The van der Waals surface area contributed by atoms with E-state index in [0.717, 1.165) is 16.7 Å². The van der Waals surface area contributed by atoms with Crippen molar-refractivity contribution in [3.63, 3.8) is 0 Å². The molecular formula is C13H10N2O2. The number of aromatic nitrogens is 2. The standard InChI is InChI=1S/C13H10N2O2/c1-8-7-15-11(14-8)6-5-9-3-2-4-10(12(9)15)13(16)17/h2-7H,1H3,(H,16,17). The normalized spacial score (nSPS) is 11.1. The molecule has 4 heteroatoms. The fraction of sp³-hybridized carbons (Fsp3) is 0.0769. The zero-order valence-corrected chi connectivity index (χ0v) is 9.21. The van der Waals surface area contributed by atoms with E-state index in [2.05, 4.69) is 4.98 Å². The number of imidazole rings is 1. The highest BCUT2D eigenvalue weighted by molar-refractivity contribution is 6.02. The summed E-state index contributed by atoms with van der Waals surface area (Å²) in [5.41, 5.74) is 2.63. The molecule has 17 heavy (non-hydrogen) atoms. The largest absolute Gasteiger partial charge is 0.478 e. The third-order valence-electron chi connectivity index (χ3n) is 2.80. The number of carbonyl (C=O) groups is 1. The van der Waals surface area contributed by atoms with Gasteiger partial charge in [0.15, 0.2) is 0 Å². The van der Waals surface area contributed by atoms with Gasteiger partial charge in [0, 0.05) is 6.20 Å². The second-order valence-electron chi connectivity index (χ2n) is 3.99. The third kappa shape index (κ3) is 1.38. The van der Waals surface area contributed by atoms with Crippen LogP contribution in [-0.4, -0.2) is 20.5 Å². The first-order valence-electron chi connectivity index (χ1n) is 5.27. The van der Waals surface area contributed by atoms with Gasteiger partial charge in [0.05, 0.1) is 16.8 Å². The first-order valence-corrected chi connectivity index (χ1v) is 5.27. The number of benzene rings is 1. The Kier molecular flexibility index (Phi) is 1.92. The minimum Gasteiger partial charge on any atom is -0.478 e. The highest BCUT2D eigenvalue weighted by Gasteiger charge is 2.11. The summed E-state index contributed by atoms with van der Waals surface area (Å²) in [4.78, 5) is 15.6. The zero-order chi connectivity index (χ0) is 12.0. The molecule has 0 aliphatic carbocycles. The summed E-state index contributed by atoms with van der Waals surface area (Å²) in [5, 5.41) is 10.1. The summed E-state index contributed by atoms with van der Waals surface area (Å²) in [7, 11) is 0. The van der Waals surface area contributed by atoms with Crippen molar-refractivity contribution in [3.05, 3.63) is 47.8 Å².